The van der Waals surface area contributed by atoms with Crippen LogP contribution in [0.25, 0.3) is 11.0 Å². The van der Waals surface area contributed by atoms with Crippen molar-refractivity contribution in [1.82, 2.24) is 25.6 Å². The second-order valence-corrected chi connectivity index (χ2v) is 7.49. The minimum absolute atomic E-state index is 0.0908. The standard InChI is InChI=1S/C22H25N5O4/c1-14(2)19(21(29)27-18-12-8-7-11-17(18)25-26-27)24-20(28)15(3)23-22(30)31-13-16-9-5-4-6-10-16/h4-12,14-15,19H,13H2,1-3H3,(H,23,30)(H,24,28)/t15-,19-/m0/s1. The normalized spacial score (nSPS) is 12.9. The van der Waals surface area contributed by atoms with Crippen molar-refractivity contribution >= 4 is 28.9 Å². The van der Waals surface area contributed by atoms with Gasteiger partial charge in [-0.2, -0.15) is 4.68 Å². The first-order chi connectivity index (χ1) is 14.9. The molecule has 9 heteroatoms. The lowest BCUT2D eigenvalue weighted by Crippen LogP contribution is -2.53. The number of aromatic nitrogens is 3. The summed E-state index contributed by atoms with van der Waals surface area (Å²) in [6, 6.07) is 14.5. The summed E-state index contributed by atoms with van der Waals surface area (Å²) >= 11 is 0. The molecule has 3 aromatic rings. The van der Waals surface area contributed by atoms with E-state index >= 15 is 0 Å². The number of ether oxygens (including phenoxy) is 1. The van der Waals surface area contributed by atoms with Gasteiger partial charge in [0, 0.05) is 0 Å². The zero-order valence-corrected chi connectivity index (χ0v) is 17.6. The maximum Gasteiger partial charge on any atom is 0.408 e. The van der Waals surface area contributed by atoms with E-state index in [4.69, 9.17) is 4.74 Å². The van der Waals surface area contributed by atoms with Gasteiger partial charge in [-0.25, -0.2) is 4.79 Å². The summed E-state index contributed by atoms with van der Waals surface area (Å²) in [5, 5.41) is 13.1. The van der Waals surface area contributed by atoms with E-state index in [0.29, 0.717) is 11.0 Å². The lowest BCUT2D eigenvalue weighted by molar-refractivity contribution is -0.123. The van der Waals surface area contributed by atoms with Crippen molar-refractivity contribution in [2.45, 2.75) is 39.5 Å². The minimum Gasteiger partial charge on any atom is -0.445 e. The van der Waals surface area contributed by atoms with Crippen LogP contribution in [0, 0.1) is 5.92 Å². The summed E-state index contributed by atoms with van der Waals surface area (Å²) in [6.45, 7) is 5.24. The molecule has 31 heavy (non-hydrogen) atoms. The van der Waals surface area contributed by atoms with Crippen molar-refractivity contribution < 1.29 is 19.1 Å². The first-order valence-electron chi connectivity index (χ1n) is 9.99. The Morgan fingerprint density at radius 3 is 2.35 bits per heavy atom. The SMILES string of the molecule is CC(C)[C@H](NC(=O)[C@H](C)NC(=O)OCc1ccccc1)C(=O)n1nnc2ccccc21. The third kappa shape index (κ3) is 5.44. The fourth-order valence-corrected chi connectivity index (χ4v) is 2.96. The van der Waals surface area contributed by atoms with Crippen molar-refractivity contribution in [2.24, 2.45) is 5.92 Å². The number of rotatable bonds is 7. The number of fused-ring (bicyclic) bond motifs is 1. The van der Waals surface area contributed by atoms with Crippen molar-refractivity contribution in [3.63, 3.8) is 0 Å². The van der Waals surface area contributed by atoms with Crippen molar-refractivity contribution in [1.29, 1.82) is 0 Å². The number of para-hydroxylation sites is 1. The number of hydrogen-bond donors (Lipinski definition) is 2. The zero-order chi connectivity index (χ0) is 22.4. The molecule has 2 amide bonds. The molecule has 0 spiro atoms. The van der Waals surface area contributed by atoms with Crippen LogP contribution in [0.15, 0.2) is 54.6 Å². The topological polar surface area (TPSA) is 115 Å². The molecule has 0 radical (unpaired) electrons. The van der Waals surface area contributed by atoms with E-state index in [9.17, 15) is 14.4 Å². The van der Waals surface area contributed by atoms with E-state index in [1.165, 1.54) is 11.6 Å². The molecule has 0 saturated heterocycles. The van der Waals surface area contributed by atoms with Gasteiger partial charge in [-0.15, -0.1) is 5.10 Å². The molecule has 9 nitrogen and oxygen atoms in total. The molecule has 162 valence electrons. The Morgan fingerprint density at radius 1 is 0.968 bits per heavy atom. The van der Waals surface area contributed by atoms with Gasteiger partial charge in [0.2, 0.25) is 5.91 Å². The smallest absolute Gasteiger partial charge is 0.408 e. The molecule has 0 fully saturated rings. The van der Waals surface area contributed by atoms with Gasteiger partial charge in [-0.3, -0.25) is 9.59 Å². The summed E-state index contributed by atoms with van der Waals surface area (Å²) in [7, 11) is 0. The summed E-state index contributed by atoms with van der Waals surface area (Å²) < 4.78 is 6.32. The molecule has 0 bridgehead atoms. The van der Waals surface area contributed by atoms with E-state index in [1.807, 2.05) is 44.2 Å². The lowest BCUT2D eigenvalue weighted by atomic mass is 10.0. The molecular weight excluding hydrogens is 398 g/mol. The minimum atomic E-state index is -0.898. The van der Waals surface area contributed by atoms with Gasteiger partial charge in [-0.05, 0) is 30.5 Å². The first kappa shape index (κ1) is 21.9. The largest absolute Gasteiger partial charge is 0.445 e. The van der Waals surface area contributed by atoms with Crippen molar-refractivity contribution in [3.8, 4) is 0 Å². The predicted octanol–water partition coefficient (Wildman–Crippen LogP) is 2.53. The highest BCUT2D eigenvalue weighted by atomic mass is 16.5. The fraction of sp³-hybridized carbons (Fsp3) is 0.318. The summed E-state index contributed by atoms with van der Waals surface area (Å²) in [5.74, 6) is -1.12. The molecule has 1 heterocycles. The van der Waals surface area contributed by atoms with Gasteiger partial charge in [0.25, 0.3) is 5.91 Å². The first-order valence-corrected chi connectivity index (χ1v) is 9.99. The Bertz CT molecular complexity index is 1060. The van der Waals surface area contributed by atoms with Crippen LogP contribution in [0.4, 0.5) is 4.79 Å². The Labute approximate surface area is 179 Å². The predicted molar refractivity (Wildman–Crippen MR) is 114 cm³/mol. The highest BCUT2D eigenvalue weighted by Crippen LogP contribution is 2.13. The van der Waals surface area contributed by atoms with Crippen LogP contribution in [0.5, 0.6) is 0 Å². The lowest BCUT2D eigenvalue weighted by Gasteiger charge is -2.23. The van der Waals surface area contributed by atoms with Gasteiger partial charge in [0.15, 0.2) is 0 Å². The Kier molecular flexibility index (Phi) is 6.96. The molecule has 2 aromatic carbocycles. The van der Waals surface area contributed by atoms with E-state index < -0.39 is 30.0 Å². The van der Waals surface area contributed by atoms with Gasteiger partial charge in [-0.1, -0.05) is 61.5 Å². The number of hydrogen-bond acceptors (Lipinski definition) is 6. The van der Waals surface area contributed by atoms with E-state index in [0.717, 1.165) is 5.56 Å². The molecule has 0 aliphatic heterocycles. The third-order valence-electron chi connectivity index (χ3n) is 4.73. The number of nitrogens with one attached hydrogen (secondary N) is 2. The van der Waals surface area contributed by atoms with Gasteiger partial charge >= 0.3 is 6.09 Å². The highest BCUT2D eigenvalue weighted by Gasteiger charge is 2.29. The maximum atomic E-state index is 13.0. The monoisotopic (exact) mass is 423 g/mol. The molecule has 2 atom stereocenters. The second-order valence-electron chi connectivity index (χ2n) is 7.49. The third-order valence-corrected chi connectivity index (χ3v) is 4.73. The number of nitrogens with zero attached hydrogens (tertiary/aromatic N) is 3. The number of alkyl carbamates (subject to hydrolysis) is 1. The Morgan fingerprint density at radius 2 is 1.65 bits per heavy atom. The van der Waals surface area contributed by atoms with Crippen LogP contribution in [0.3, 0.4) is 0 Å². The average molecular weight is 423 g/mol. The van der Waals surface area contributed by atoms with Gasteiger partial charge in [0.05, 0.1) is 5.52 Å². The van der Waals surface area contributed by atoms with Gasteiger partial charge < -0.3 is 15.4 Å². The molecule has 3 rings (SSSR count). The number of amides is 2. The summed E-state index contributed by atoms with van der Waals surface area (Å²) in [5.41, 5.74) is 1.98. The molecule has 0 aliphatic rings. The van der Waals surface area contributed by atoms with Crippen LogP contribution in [-0.2, 0) is 16.1 Å². The quantitative estimate of drug-likeness (QED) is 0.603. The van der Waals surface area contributed by atoms with Crippen LogP contribution >= 0.6 is 0 Å². The van der Waals surface area contributed by atoms with Crippen LogP contribution in [0.2, 0.25) is 0 Å². The van der Waals surface area contributed by atoms with E-state index in [1.54, 1.807) is 24.3 Å². The number of carbonyl (C=O) groups is 3. The maximum absolute atomic E-state index is 13.0. The summed E-state index contributed by atoms with van der Waals surface area (Å²) in [6.07, 6.45) is -0.721. The van der Waals surface area contributed by atoms with Crippen molar-refractivity contribution in [3.05, 3.63) is 60.2 Å². The van der Waals surface area contributed by atoms with Crippen LogP contribution in [0.1, 0.15) is 31.1 Å². The average Bonchev–Trinajstić information content (AvgIpc) is 3.20. The molecule has 2 N–H and O–H groups in total. The molecular formula is C22H25N5O4. The zero-order valence-electron chi connectivity index (χ0n) is 17.6. The number of benzene rings is 2. The second kappa shape index (κ2) is 9.84. The van der Waals surface area contributed by atoms with E-state index in [-0.39, 0.29) is 12.5 Å². The molecule has 0 unspecified atom stereocenters. The highest BCUT2D eigenvalue weighted by molar-refractivity contribution is 5.95. The molecule has 1 aromatic heterocycles. The molecule has 0 saturated carbocycles. The van der Waals surface area contributed by atoms with Gasteiger partial charge in [0.1, 0.15) is 24.2 Å². The molecule has 0 aliphatic carbocycles. The Hall–Kier alpha value is -3.75. The Balaban J connectivity index is 1.60. The van der Waals surface area contributed by atoms with Crippen molar-refractivity contribution in [2.75, 3.05) is 0 Å². The number of carbonyl (C=O) groups excluding carboxylic acids is 3. The summed E-state index contributed by atoms with van der Waals surface area (Å²) in [4.78, 5) is 37.7. The van der Waals surface area contributed by atoms with Crippen LogP contribution < -0.4 is 10.6 Å². The van der Waals surface area contributed by atoms with Crippen LogP contribution in [-0.4, -0.2) is 45.0 Å². The van der Waals surface area contributed by atoms with E-state index in [2.05, 4.69) is 20.9 Å². The fourth-order valence-electron chi connectivity index (χ4n) is 2.96.